The molecule has 0 fully saturated rings. The van der Waals surface area contributed by atoms with Crippen LogP contribution in [0.2, 0.25) is 0 Å². The summed E-state index contributed by atoms with van der Waals surface area (Å²) >= 11 is 1.45. The molecule has 0 atom stereocenters. The van der Waals surface area contributed by atoms with Crippen molar-refractivity contribution >= 4 is 47.2 Å². The molecule has 0 aromatic carbocycles. The van der Waals surface area contributed by atoms with Gasteiger partial charge in [-0.25, -0.2) is 0 Å². The Morgan fingerprint density at radius 3 is 2.50 bits per heavy atom. The lowest BCUT2D eigenvalue weighted by molar-refractivity contribution is 0.0487. The van der Waals surface area contributed by atoms with Gasteiger partial charge in [0.2, 0.25) is 0 Å². The van der Waals surface area contributed by atoms with Gasteiger partial charge in [-0.2, -0.15) is 0 Å². The molecule has 28 heavy (non-hydrogen) atoms. The van der Waals surface area contributed by atoms with Gasteiger partial charge >= 0.3 is 0 Å². The Morgan fingerprint density at radius 1 is 1.04 bits per heavy atom. The number of amides is 1. The van der Waals surface area contributed by atoms with Crippen LogP contribution in [0, 0.1) is 0 Å². The van der Waals surface area contributed by atoms with Crippen molar-refractivity contribution in [3.63, 3.8) is 0 Å². The summed E-state index contributed by atoms with van der Waals surface area (Å²) in [6, 6.07) is 3.70. The number of hydrogen-bond donors (Lipinski definition) is 3. The molecule has 0 saturated heterocycles. The average Bonchev–Trinajstić information content (AvgIpc) is 3.21. The van der Waals surface area contributed by atoms with Crippen molar-refractivity contribution in [3.05, 3.63) is 22.4 Å². The van der Waals surface area contributed by atoms with Crippen LogP contribution in [0.15, 0.2) is 22.5 Å². The van der Waals surface area contributed by atoms with Crippen LogP contribution in [0.3, 0.4) is 0 Å². The van der Waals surface area contributed by atoms with Gasteiger partial charge < -0.3 is 25.4 Å². The molecule has 1 heterocycles. The molecule has 1 aromatic heterocycles. The maximum Gasteiger partial charge on any atom is 0.261 e. The predicted octanol–water partition coefficient (Wildman–Crippen LogP) is 2.87. The Kier molecular flexibility index (Phi) is 18.8. The van der Waals surface area contributed by atoms with Crippen LogP contribution >= 0.6 is 35.3 Å². The normalized spacial score (nSPS) is 11.0. The Morgan fingerprint density at radius 2 is 1.82 bits per heavy atom. The fourth-order valence-electron chi connectivity index (χ4n) is 2.12. The number of hydrogen-bond acceptors (Lipinski definition) is 5. The van der Waals surface area contributed by atoms with E-state index in [-0.39, 0.29) is 29.9 Å². The SMILES string of the molecule is CCCCOCCOCCNC(=NCCCNC(=O)c1cccs1)NCC.I. The lowest BCUT2D eigenvalue weighted by Crippen LogP contribution is -2.39. The minimum absolute atomic E-state index is 0. The number of ether oxygens (including phenoxy) is 2. The van der Waals surface area contributed by atoms with Gasteiger partial charge in [0.15, 0.2) is 5.96 Å². The van der Waals surface area contributed by atoms with Crippen molar-refractivity contribution in [2.45, 2.75) is 33.1 Å². The smallest absolute Gasteiger partial charge is 0.261 e. The van der Waals surface area contributed by atoms with Crippen LogP contribution < -0.4 is 16.0 Å². The molecule has 7 nitrogen and oxygen atoms in total. The number of nitrogens with zero attached hydrogens (tertiary/aromatic N) is 1. The number of nitrogens with one attached hydrogen (secondary N) is 3. The molecule has 0 aliphatic heterocycles. The highest BCUT2D eigenvalue weighted by Gasteiger charge is 2.04. The summed E-state index contributed by atoms with van der Waals surface area (Å²) in [5.41, 5.74) is 0. The lowest BCUT2D eigenvalue weighted by atomic mass is 10.4. The van der Waals surface area contributed by atoms with E-state index in [4.69, 9.17) is 9.47 Å². The number of carbonyl (C=O) groups is 1. The zero-order valence-electron chi connectivity index (χ0n) is 17.0. The summed E-state index contributed by atoms with van der Waals surface area (Å²) in [5.74, 6) is 0.750. The predicted molar refractivity (Wildman–Crippen MR) is 127 cm³/mol. The topological polar surface area (TPSA) is 84.0 Å². The van der Waals surface area contributed by atoms with E-state index in [0.29, 0.717) is 39.5 Å². The number of halogens is 1. The summed E-state index contributed by atoms with van der Waals surface area (Å²) in [7, 11) is 0. The molecule has 0 bridgehead atoms. The number of aliphatic imine (C=N–C) groups is 1. The van der Waals surface area contributed by atoms with Crippen LogP contribution in [0.25, 0.3) is 0 Å². The van der Waals surface area contributed by atoms with Gasteiger partial charge in [-0.3, -0.25) is 9.79 Å². The van der Waals surface area contributed by atoms with Gasteiger partial charge in [0.1, 0.15) is 0 Å². The van der Waals surface area contributed by atoms with Crippen LogP contribution in [0.1, 0.15) is 42.8 Å². The van der Waals surface area contributed by atoms with E-state index < -0.39 is 0 Å². The molecule has 0 spiro atoms. The summed E-state index contributed by atoms with van der Waals surface area (Å²) in [4.78, 5) is 17.1. The van der Waals surface area contributed by atoms with Crippen LogP contribution in [0.4, 0.5) is 0 Å². The Bertz CT molecular complexity index is 515. The molecule has 0 aliphatic carbocycles. The molecule has 1 aromatic rings. The van der Waals surface area contributed by atoms with Crippen molar-refractivity contribution in [3.8, 4) is 0 Å². The maximum absolute atomic E-state index is 11.8. The number of guanidine groups is 1. The van der Waals surface area contributed by atoms with Gasteiger partial charge in [-0.15, -0.1) is 35.3 Å². The number of thiophene rings is 1. The van der Waals surface area contributed by atoms with Gasteiger partial charge in [0.25, 0.3) is 5.91 Å². The van der Waals surface area contributed by atoms with Crippen molar-refractivity contribution < 1.29 is 14.3 Å². The highest BCUT2D eigenvalue weighted by atomic mass is 127. The first-order valence-corrected chi connectivity index (χ1v) is 10.6. The Hall–Kier alpha value is -0.910. The van der Waals surface area contributed by atoms with E-state index >= 15 is 0 Å². The van der Waals surface area contributed by atoms with Crippen molar-refractivity contribution in [2.24, 2.45) is 4.99 Å². The standard InChI is InChI=1S/C19H34N4O3S.HI/c1-3-5-12-25-14-15-26-13-11-23-19(20-4-2)22-10-7-9-21-18(24)17-8-6-16-27-17;/h6,8,16H,3-5,7,9-15H2,1-2H3,(H,21,24)(H2,20,22,23);1H. The molecule has 3 N–H and O–H groups in total. The van der Waals surface area contributed by atoms with Crippen LogP contribution in [-0.2, 0) is 9.47 Å². The third-order valence-corrected chi connectivity index (χ3v) is 4.40. The molecule has 162 valence electrons. The first-order chi connectivity index (χ1) is 13.3. The van der Waals surface area contributed by atoms with E-state index in [0.717, 1.165) is 43.3 Å². The average molecular weight is 526 g/mol. The molecule has 0 saturated carbocycles. The molecule has 9 heteroatoms. The van der Waals surface area contributed by atoms with E-state index in [2.05, 4.69) is 27.9 Å². The van der Waals surface area contributed by atoms with E-state index in [9.17, 15) is 4.79 Å². The van der Waals surface area contributed by atoms with Crippen molar-refractivity contribution in [1.29, 1.82) is 0 Å². The third kappa shape index (κ3) is 14.1. The summed E-state index contributed by atoms with van der Waals surface area (Å²) < 4.78 is 11.0. The summed E-state index contributed by atoms with van der Waals surface area (Å²) in [6.07, 6.45) is 3.04. The molecule has 1 amide bonds. The second-order valence-corrected chi connectivity index (χ2v) is 6.80. The van der Waals surface area contributed by atoms with Gasteiger partial charge in [0, 0.05) is 32.8 Å². The molecule has 0 aliphatic rings. The highest BCUT2D eigenvalue weighted by Crippen LogP contribution is 2.07. The minimum atomic E-state index is -0.0187. The first-order valence-electron chi connectivity index (χ1n) is 9.77. The van der Waals surface area contributed by atoms with E-state index in [1.54, 1.807) is 0 Å². The zero-order chi connectivity index (χ0) is 19.6. The second kappa shape index (κ2) is 19.4. The first kappa shape index (κ1) is 27.1. The highest BCUT2D eigenvalue weighted by molar-refractivity contribution is 14.0. The lowest BCUT2D eigenvalue weighted by Gasteiger charge is -2.11. The second-order valence-electron chi connectivity index (χ2n) is 5.85. The van der Waals surface area contributed by atoms with Crippen molar-refractivity contribution in [1.82, 2.24) is 16.0 Å². The van der Waals surface area contributed by atoms with Gasteiger partial charge in [-0.05, 0) is 31.2 Å². The van der Waals surface area contributed by atoms with E-state index in [1.165, 1.54) is 11.3 Å². The Balaban J connectivity index is 0.00000729. The Labute approximate surface area is 190 Å². The monoisotopic (exact) mass is 526 g/mol. The molecular formula is C19H35IN4O3S. The van der Waals surface area contributed by atoms with Crippen LogP contribution in [-0.4, -0.2) is 64.5 Å². The molecule has 0 radical (unpaired) electrons. The number of rotatable bonds is 15. The largest absolute Gasteiger partial charge is 0.379 e. The number of carbonyl (C=O) groups excluding carboxylic acids is 1. The zero-order valence-corrected chi connectivity index (χ0v) is 20.1. The van der Waals surface area contributed by atoms with E-state index in [1.807, 2.05) is 24.4 Å². The molecule has 1 rings (SSSR count). The fraction of sp³-hybridized carbons (Fsp3) is 0.684. The molecule has 0 unspecified atom stereocenters. The van der Waals surface area contributed by atoms with Crippen molar-refractivity contribution in [2.75, 3.05) is 52.6 Å². The summed E-state index contributed by atoms with van der Waals surface area (Å²) in [6.45, 7) is 9.60. The third-order valence-electron chi connectivity index (χ3n) is 3.53. The minimum Gasteiger partial charge on any atom is -0.379 e. The van der Waals surface area contributed by atoms with Crippen LogP contribution in [0.5, 0.6) is 0 Å². The summed E-state index contributed by atoms with van der Waals surface area (Å²) in [5, 5.41) is 11.2. The van der Waals surface area contributed by atoms with Gasteiger partial charge in [-0.1, -0.05) is 19.4 Å². The quantitative estimate of drug-likeness (QED) is 0.142. The maximum atomic E-state index is 11.8. The molecular weight excluding hydrogens is 491 g/mol. The van der Waals surface area contributed by atoms with Gasteiger partial charge in [0.05, 0.1) is 24.7 Å². The fourth-order valence-corrected chi connectivity index (χ4v) is 2.76. The number of unbranched alkanes of at least 4 members (excludes halogenated alkanes) is 1.